The van der Waals surface area contributed by atoms with Crippen LogP contribution in [0.15, 0.2) is 99.7 Å². The topological polar surface area (TPSA) is 79.9 Å². The molecule has 1 heterocycles. The number of nitrogens with one attached hydrogen (secondary N) is 1. The van der Waals surface area contributed by atoms with E-state index in [9.17, 15) is 4.79 Å². The third-order valence-electron chi connectivity index (χ3n) is 4.03. The zero-order valence-corrected chi connectivity index (χ0v) is 15.9. The summed E-state index contributed by atoms with van der Waals surface area (Å²) in [6, 6.07) is 25.2. The Morgan fingerprint density at radius 3 is 2.21 bits per heavy atom. The highest BCUT2D eigenvalue weighted by Crippen LogP contribution is 2.23. The predicted molar refractivity (Wildman–Crippen MR) is 112 cm³/mol. The van der Waals surface area contributed by atoms with Crippen molar-refractivity contribution in [3.63, 3.8) is 0 Å². The van der Waals surface area contributed by atoms with E-state index in [1.807, 2.05) is 30.3 Å². The fraction of sp³-hybridized carbons (Fsp3) is 0. The molecular weight excluding hydrogens is 388 g/mol. The largest absolute Gasteiger partial charge is 0.355 e. The number of carbonyl (C=O) groups is 1. The van der Waals surface area contributed by atoms with E-state index in [0.717, 1.165) is 11.3 Å². The lowest BCUT2D eigenvalue weighted by molar-refractivity contribution is 0.101. The first-order valence-corrected chi connectivity index (χ1v) is 9.16. The smallest absolute Gasteiger partial charge is 0.277 e. The van der Waals surface area contributed by atoms with E-state index in [2.05, 4.69) is 20.7 Å². The first-order chi connectivity index (χ1) is 14.2. The third kappa shape index (κ3) is 4.75. The van der Waals surface area contributed by atoms with E-state index in [0.29, 0.717) is 22.2 Å². The number of nitrogens with zero attached hydrogens (tertiary/aromatic N) is 3. The third-order valence-corrected chi connectivity index (χ3v) is 4.29. The standard InChI is InChI=1S/C22H15ClN4O2/c23-16-8-6-15(7-9-16)21-14-20(27-29-21)22(28)24-17-10-12-19(13-11-17)26-25-18-4-2-1-3-5-18/h1-14H,(H,24,28). The Kier molecular flexibility index (Phi) is 5.45. The number of amides is 1. The van der Waals surface area contributed by atoms with Crippen molar-refractivity contribution >= 4 is 34.6 Å². The van der Waals surface area contributed by atoms with Crippen LogP contribution in [0, 0.1) is 0 Å². The van der Waals surface area contributed by atoms with Gasteiger partial charge >= 0.3 is 0 Å². The van der Waals surface area contributed by atoms with Gasteiger partial charge in [-0.05, 0) is 60.7 Å². The molecule has 0 bridgehead atoms. The second-order valence-corrected chi connectivity index (χ2v) is 6.56. The molecule has 1 amide bonds. The summed E-state index contributed by atoms with van der Waals surface area (Å²) in [4.78, 5) is 12.4. The number of aromatic nitrogens is 1. The van der Waals surface area contributed by atoms with Gasteiger partial charge in [-0.25, -0.2) is 0 Å². The van der Waals surface area contributed by atoms with E-state index in [1.165, 1.54) is 0 Å². The van der Waals surface area contributed by atoms with E-state index < -0.39 is 0 Å². The average Bonchev–Trinajstić information content (AvgIpc) is 3.25. The van der Waals surface area contributed by atoms with Crippen molar-refractivity contribution in [2.45, 2.75) is 0 Å². The molecule has 0 spiro atoms. The molecule has 0 aliphatic heterocycles. The number of hydrogen-bond donors (Lipinski definition) is 1. The van der Waals surface area contributed by atoms with E-state index in [1.54, 1.807) is 54.6 Å². The Morgan fingerprint density at radius 1 is 0.862 bits per heavy atom. The highest BCUT2D eigenvalue weighted by molar-refractivity contribution is 6.30. The zero-order valence-electron chi connectivity index (χ0n) is 15.1. The van der Waals surface area contributed by atoms with Gasteiger partial charge in [0.25, 0.3) is 5.91 Å². The Bertz CT molecular complexity index is 1140. The number of hydrogen-bond acceptors (Lipinski definition) is 5. The maximum Gasteiger partial charge on any atom is 0.277 e. The van der Waals surface area contributed by atoms with Crippen LogP contribution >= 0.6 is 11.6 Å². The molecule has 4 rings (SSSR count). The van der Waals surface area contributed by atoms with Crippen molar-refractivity contribution in [3.05, 3.63) is 95.6 Å². The molecule has 142 valence electrons. The molecule has 0 atom stereocenters. The van der Waals surface area contributed by atoms with E-state index >= 15 is 0 Å². The lowest BCUT2D eigenvalue weighted by Crippen LogP contribution is -2.11. The maximum absolute atomic E-state index is 12.4. The minimum absolute atomic E-state index is 0.183. The molecule has 0 radical (unpaired) electrons. The summed E-state index contributed by atoms with van der Waals surface area (Å²) < 4.78 is 5.26. The molecule has 7 heteroatoms. The summed E-state index contributed by atoms with van der Waals surface area (Å²) in [6.07, 6.45) is 0. The molecule has 6 nitrogen and oxygen atoms in total. The van der Waals surface area contributed by atoms with Crippen LogP contribution < -0.4 is 5.32 Å². The van der Waals surface area contributed by atoms with Gasteiger partial charge < -0.3 is 9.84 Å². The van der Waals surface area contributed by atoms with Crippen LogP contribution in [0.4, 0.5) is 17.1 Å². The maximum atomic E-state index is 12.4. The van der Waals surface area contributed by atoms with Gasteiger partial charge in [-0.1, -0.05) is 35.0 Å². The normalized spacial score (nSPS) is 10.9. The average molecular weight is 403 g/mol. The summed E-state index contributed by atoms with van der Waals surface area (Å²) in [6.45, 7) is 0. The number of carbonyl (C=O) groups excluding carboxylic acids is 1. The first-order valence-electron chi connectivity index (χ1n) is 8.78. The minimum Gasteiger partial charge on any atom is -0.355 e. The monoisotopic (exact) mass is 402 g/mol. The van der Waals surface area contributed by atoms with Gasteiger partial charge in [0.2, 0.25) is 0 Å². The number of halogens is 1. The quantitative estimate of drug-likeness (QED) is 0.379. The molecule has 29 heavy (non-hydrogen) atoms. The van der Waals surface area contributed by atoms with Crippen molar-refractivity contribution in [1.29, 1.82) is 0 Å². The lowest BCUT2D eigenvalue weighted by Gasteiger charge is -2.02. The molecule has 0 unspecified atom stereocenters. The van der Waals surface area contributed by atoms with Gasteiger partial charge in [-0.3, -0.25) is 4.79 Å². The van der Waals surface area contributed by atoms with Gasteiger partial charge in [0.05, 0.1) is 11.4 Å². The molecule has 3 aromatic carbocycles. The van der Waals surface area contributed by atoms with Crippen LogP contribution in [0.2, 0.25) is 5.02 Å². The SMILES string of the molecule is O=C(Nc1ccc(N=Nc2ccccc2)cc1)c1cc(-c2ccc(Cl)cc2)on1. The second-order valence-electron chi connectivity index (χ2n) is 6.12. The van der Waals surface area contributed by atoms with E-state index in [4.69, 9.17) is 16.1 Å². The van der Waals surface area contributed by atoms with Gasteiger partial charge in [0.1, 0.15) is 0 Å². The van der Waals surface area contributed by atoms with Crippen LogP contribution in [0.3, 0.4) is 0 Å². The first kappa shape index (κ1) is 18.6. The van der Waals surface area contributed by atoms with Crippen LogP contribution in [-0.4, -0.2) is 11.1 Å². The lowest BCUT2D eigenvalue weighted by atomic mass is 10.1. The minimum atomic E-state index is -0.368. The Balaban J connectivity index is 1.41. The Labute approximate surface area is 171 Å². The molecule has 1 N–H and O–H groups in total. The summed E-state index contributed by atoms with van der Waals surface area (Å²) in [7, 11) is 0. The van der Waals surface area contributed by atoms with Gasteiger partial charge in [0, 0.05) is 22.3 Å². The van der Waals surface area contributed by atoms with Crippen molar-refractivity contribution in [2.75, 3.05) is 5.32 Å². The number of azo groups is 1. The highest BCUT2D eigenvalue weighted by Gasteiger charge is 2.14. The second kappa shape index (κ2) is 8.50. The van der Waals surface area contributed by atoms with Crippen molar-refractivity contribution in [3.8, 4) is 11.3 Å². The summed E-state index contributed by atoms with van der Waals surface area (Å²) >= 11 is 5.88. The molecule has 0 aliphatic rings. The van der Waals surface area contributed by atoms with Gasteiger partial charge in [0.15, 0.2) is 11.5 Å². The fourth-order valence-electron chi connectivity index (χ4n) is 2.55. The predicted octanol–water partition coefficient (Wildman–Crippen LogP) is 6.66. The Morgan fingerprint density at radius 2 is 1.52 bits per heavy atom. The summed E-state index contributed by atoms with van der Waals surface area (Å²) in [5.74, 6) is 0.121. The highest BCUT2D eigenvalue weighted by atomic mass is 35.5. The molecule has 1 aromatic heterocycles. The van der Waals surface area contributed by atoms with Crippen LogP contribution in [-0.2, 0) is 0 Å². The van der Waals surface area contributed by atoms with E-state index in [-0.39, 0.29) is 11.6 Å². The molecule has 4 aromatic rings. The summed E-state index contributed by atoms with van der Waals surface area (Å²) in [5, 5.41) is 15.6. The van der Waals surface area contributed by atoms with Gasteiger partial charge in [-0.2, -0.15) is 10.2 Å². The van der Waals surface area contributed by atoms with Crippen LogP contribution in [0.5, 0.6) is 0 Å². The van der Waals surface area contributed by atoms with Crippen molar-refractivity contribution < 1.29 is 9.32 Å². The number of rotatable bonds is 5. The Hall–Kier alpha value is -3.77. The molecule has 0 saturated heterocycles. The van der Waals surface area contributed by atoms with Crippen LogP contribution in [0.25, 0.3) is 11.3 Å². The number of benzene rings is 3. The van der Waals surface area contributed by atoms with Crippen LogP contribution in [0.1, 0.15) is 10.5 Å². The number of anilines is 1. The molecular formula is C22H15ClN4O2. The molecule has 0 fully saturated rings. The zero-order chi connectivity index (χ0) is 20.1. The van der Waals surface area contributed by atoms with Gasteiger partial charge in [-0.15, -0.1) is 0 Å². The van der Waals surface area contributed by atoms with Crippen molar-refractivity contribution in [1.82, 2.24) is 5.16 Å². The van der Waals surface area contributed by atoms with Crippen molar-refractivity contribution in [2.24, 2.45) is 10.2 Å². The summed E-state index contributed by atoms with van der Waals surface area (Å²) in [5.41, 5.74) is 3.03. The molecule has 0 aliphatic carbocycles. The molecule has 0 saturated carbocycles. The fourth-order valence-corrected chi connectivity index (χ4v) is 2.68.